The number of rotatable bonds is 11. The summed E-state index contributed by atoms with van der Waals surface area (Å²) in [6.07, 6.45) is 3.03. The molecule has 0 aliphatic rings. The number of nitrogens with one attached hydrogen (secondary N) is 2. The summed E-state index contributed by atoms with van der Waals surface area (Å²) in [6, 6.07) is 3.65. The molecule has 24 heavy (non-hydrogen) atoms. The molecule has 1 atom stereocenters. The van der Waals surface area contributed by atoms with E-state index >= 15 is 0 Å². The molecular formula is C16H26N2O5S. The van der Waals surface area contributed by atoms with Gasteiger partial charge in [0.1, 0.15) is 0 Å². The van der Waals surface area contributed by atoms with Gasteiger partial charge in [-0.15, -0.1) is 0 Å². The first-order valence-electron chi connectivity index (χ1n) is 7.94. The Morgan fingerprint density at radius 2 is 2.04 bits per heavy atom. The van der Waals surface area contributed by atoms with Crippen LogP contribution in [0.1, 0.15) is 43.5 Å². The minimum absolute atomic E-state index is 0.0613. The van der Waals surface area contributed by atoms with Crippen LogP contribution in [0.5, 0.6) is 0 Å². The lowest BCUT2D eigenvalue weighted by atomic mass is 10.1. The first kappa shape index (κ1) is 20.4. The predicted molar refractivity (Wildman–Crippen MR) is 93.1 cm³/mol. The monoisotopic (exact) mass is 358 g/mol. The van der Waals surface area contributed by atoms with E-state index in [4.69, 9.17) is 4.74 Å². The van der Waals surface area contributed by atoms with Gasteiger partial charge in [0.05, 0.1) is 17.1 Å². The smallest absolute Gasteiger partial charge is 0.337 e. The van der Waals surface area contributed by atoms with E-state index in [0.717, 1.165) is 19.3 Å². The molecule has 0 amide bonds. The molecule has 3 N–H and O–H groups in total. The zero-order valence-electron chi connectivity index (χ0n) is 14.3. The Balaban J connectivity index is 2.98. The third-order valence-electron chi connectivity index (χ3n) is 3.40. The molecule has 0 aromatic heterocycles. The lowest BCUT2D eigenvalue weighted by Crippen LogP contribution is -2.35. The van der Waals surface area contributed by atoms with Crippen LogP contribution in [0.3, 0.4) is 0 Å². The maximum absolute atomic E-state index is 12.3. The van der Waals surface area contributed by atoms with Crippen molar-refractivity contribution in [2.75, 3.05) is 25.6 Å². The third-order valence-corrected chi connectivity index (χ3v) is 4.99. The largest absolute Gasteiger partial charge is 0.478 e. The molecule has 0 radical (unpaired) electrons. The summed E-state index contributed by atoms with van der Waals surface area (Å²) < 4.78 is 32.0. The average Bonchev–Trinajstić information content (AvgIpc) is 2.51. The van der Waals surface area contributed by atoms with Crippen molar-refractivity contribution in [2.45, 2.75) is 44.0 Å². The highest BCUT2D eigenvalue weighted by atomic mass is 32.2. The van der Waals surface area contributed by atoms with Crippen LogP contribution in [0.4, 0.5) is 5.69 Å². The van der Waals surface area contributed by atoms with E-state index < -0.39 is 22.0 Å². The maximum atomic E-state index is 12.3. The van der Waals surface area contributed by atoms with Gasteiger partial charge >= 0.3 is 5.97 Å². The molecule has 8 heteroatoms. The van der Waals surface area contributed by atoms with Gasteiger partial charge in [-0.1, -0.05) is 19.8 Å². The van der Waals surface area contributed by atoms with Gasteiger partial charge in [0.25, 0.3) is 0 Å². The predicted octanol–water partition coefficient (Wildman–Crippen LogP) is 2.30. The van der Waals surface area contributed by atoms with E-state index in [-0.39, 0.29) is 17.1 Å². The van der Waals surface area contributed by atoms with E-state index in [1.165, 1.54) is 25.3 Å². The highest BCUT2D eigenvalue weighted by molar-refractivity contribution is 7.89. The van der Waals surface area contributed by atoms with Crippen LogP contribution in [-0.4, -0.2) is 45.8 Å². The van der Waals surface area contributed by atoms with Crippen LogP contribution in [0.15, 0.2) is 23.1 Å². The number of carboxylic acid groups (broad SMARTS) is 1. The second kappa shape index (κ2) is 9.61. The Morgan fingerprint density at radius 3 is 2.62 bits per heavy atom. The van der Waals surface area contributed by atoms with Crippen molar-refractivity contribution in [3.8, 4) is 0 Å². The number of carbonyl (C=O) groups is 1. The zero-order valence-corrected chi connectivity index (χ0v) is 15.1. The lowest BCUT2D eigenvalue weighted by molar-refractivity contribution is 0.0697. The van der Waals surface area contributed by atoms with Gasteiger partial charge in [-0.3, -0.25) is 0 Å². The summed E-state index contributed by atoms with van der Waals surface area (Å²) in [4.78, 5) is 11.4. The topological polar surface area (TPSA) is 105 Å². The van der Waals surface area contributed by atoms with Crippen molar-refractivity contribution < 1.29 is 23.1 Å². The molecule has 0 aliphatic heterocycles. The van der Waals surface area contributed by atoms with Gasteiger partial charge in [0.2, 0.25) is 10.0 Å². The fourth-order valence-corrected chi connectivity index (χ4v) is 3.49. The van der Waals surface area contributed by atoms with Crippen molar-refractivity contribution in [1.29, 1.82) is 0 Å². The highest BCUT2D eigenvalue weighted by Crippen LogP contribution is 2.21. The second-order valence-electron chi connectivity index (χ2n) is 5.62. The summed E-state index contributed by atoms with van der Waals surface area (Å²) in [5.41, 5.74) is 0.358. The summed E-state index contributed by atoms with van der Waals surface area (Å²) in [5, 5.41) is 12.4. The molecule has 1 aromatic rings. The first-order valence-corrected chi connectivity index (χ1v) is 9.42. The number of anilines is 1. The first-order chi connectivity index (χ1) is 11.3. The van der Waals surface area contributed by atoms with Gasteiger partial charge in [0.15, 0.2) is 0 Å². The number of aromatic carboxylic acids is 1. The van der Waals surface area contributed by atoms with Gasteiger partial charge in [-0.2, -0.15) is 0 Å². The average molecular weight is 358 g/mol. The summed E-state index contributed by atoms with van der Waals surface area (Å²) in [6.45, 7) is 4.62. The second-order valence-corrected chi connectivity index (χ2v) is 7.34. The molecular weight excluding hydrogens is 332 g/mol. The number of unbranched alkanes of at least 4 members (excludes halogenated alkanes) is 2. The fourth-order valence-electron chi connectivity index (χ4n) is 2.24. The number of benzene rings is 1. The van der Waals surface area contributed by atoms with Crippen molar-refractivity contribution in [1.82, 2.24) is 4.72 Å². The van der Waals surface area contributed by atoms with Crippen molar-refractivity contribution in [3.63, 3.8) is 0 Å². The summed E-state index contributed by atoms with van der Waals surface area (Å²) in [7, 11) is -2.33. The van der Waals surface area contributed by atoms with E-state index in [1.807, 2.05) is 0 Å². The fraction of sp³-hybridized carbons (Fsp3) is 0.562. The molecule has 0 saturated heterocycles. The van der Waals surface area contributed by atoms with Crippen LogP contribution < -0.4 is 10.0 Å². The number of methoxy groups -OCH3 is 1. The minimum atomic E-state index is -3.80. The van der Waals surface area contributed by atoms with E-state index in [0.29, 0.717) is 12.2 Å². The van der Waals surface area contributed by atoms with Crippen molar-refractivity contribution >= 4 is 21.7 Å². The van der Waals surface area contributed by atoms with Gasteiger partial charge in [-0.05, 0) is 31.5 Å². The van der Waals surface area contributed by atoms with Crippen LogP contribution in [0, 0.1) is 0 Å². The van der Waals surface area contributed by atoms with Gasteiger partial charge in [0, 0.05) is 25.4 Å². The molecule has 0 aliphatic carbocycles. The third kappa shape index (κ3) is 6.10. The molecule has 0 unspecified atom stereocenters. The standard InChI is InChI=1S/C16H26N2O5S/c1-4-5-6-9-17-15-8-7-13(10-14(15)16(19)20)24(21,22)18-12(2)11-23-3/h7-8,10,12,17-18H,4-6,9,11H2,1-3H3,(H,19,20)/t12-/m0/s1. The van der Waals surface area contributed by atoms with Gasteiger partial charge < -0.3 is 15.2 Å². The molecule has 136 valence electrons. The normalized spacial score (nSPS) is 12.8. The Bertz CT molecular complexity index is 646. The number of hydrogen-bond donors (Lipinski definition) is 3. The van der Waals surface area contributed by atoms with E-state index in [1.54, 1.807) is 6.92 Å². The van der Waals surface area contributed by atoms with Crippen LogP contribution in [0.2, 0.25) is 0 Å². The molecule has 7 nitrogen and oxygen atoms in total. The highest BCUT2D eigenvalue weighted by Gasteiger charge is 2.20. The molecule has 0 spiro atoms. The molecule has 1 rings (SSSR count). The quantitative estimate of drug-likeness (QED) is 0.524. The number of carboxylic acids is 1. The van der Waals surface area contributed by atoms with Gasteiger partial charge in [-0.25, -0.2) is 17.9 Å². The summed E-state index contributed by atoms with van der Waals surface area (Å²) in [5.74, 6) is -1.17. The van der Waals surface area contributed by atoms with E-state index in [9.17, 15) is 18.3 Å². The molecule has 0 saturated carbocycles. The lowest BCUT2D eigenvalue weighted by Gasteiger charge is -2.15. The minimum Gasteiger partial charge on any atom is -0.478 e. The van der Waals surface area contributed by atoms with E-state index in [2.05, 4.69) is 17.0 Å². The van der Waals surface area contributed by atoms with Crippen LogP contribution in [-0.2, 0) is 14.8 Å². The zero-order chi connectivity index (χ0) is 18.2. The Kier molecular flexibility index (Phi) is 8.17. The molecule has 0 fully saturated rings. The Hall–Kier alpha value is -1.64. The molecule has 1 aromatic carbocycles. The molecule has 0 bridgehead atoms. The Labute approximate surface area is 143 Å². The SMILES string of the molecule is CCCCCNc1ccc(S(=O)(=O)N[C@@H](C)COC)cc1C(=O)O. The number of sulfonamides is 1. The van der Waals surface area contributed by atoms with Crippen LogP contribution >= 0.6 is 0 Å². The number of ether oxygens (including phenoxy) is 1. The molecule has 0 heterocycles. The van der Waals surface area contributed by atoms with Crippen LogP contribution in [0.25, 0.3) is 0 Å². The Morgan fingerprint density at radius 1 is 1.33 bits per heavy atom. The summed E-state index contributed by atoms with van der Waals surface area (Å²) >= 11 is 0. The number of hydrogen-bond acceptors (Lipinski definition) is 5. The van der Waals surface area contributed by atoms with Crippen molar-refractivity contribution in [3.05, 3.63) is 23.8 Å². The maximum Gasteiger partial charge on any atom is 0.337 e. The van der Waals surface area contributed by atoms with Crippen molar-refractivity contribution in [2.24, 2.45) is 0 Å².